The number of nitrogens with zero attached hydrogens (tertiary/aromatic N) is 1. The van der Waals surface area contributed by atoms with Crippen LogP contribution in [-0.4, -0.2) is 26.3 Å². The zero-order valence-corrected chi connectivity index (χ0v) is 11.4. The van der Waals surface area contributed by atoms with E-state index >= 15 is 0 Å². The molecule has 1 aromatic rings. The maximum atomic E-state index is 13.6. The van der Waals surface area contributed by atoms with E-state index in [9.17, 15) is 4.39 Å². The van der Waals surface area contributed by atoms with Crippen molar-refractivity contribution in [3.8, 4) is 5.75 Å². The van der Waals surface area contributed by atoms with Crippen molar-refractivity contribution in [1.82, 2.24) is 10.6 Å². The third kappa shape index (κ3) is 3.48. The fraction of sp³-hybridized carbons (Fsp3) is 0.357. The third-order valence-corrected chi connectivity index (χ3v) is 2.84. The van der Waals surface area contributed by atoms with Gasteiger partial charge in [0.2, 0.25) is 0 Å². The van der Waals surface area contributed by atoms with E-state index in [-0.39, 0.29) is 12.6 Å². The van der Waals surface area contributed by atoms with Crippen molar-refractivity contribution < 1.29 is 13.9 Å². The van der Waals surface area contributed by atoms with Gasteiger partial charge in [0, 0.05) is 31.3 Å². The molecule has 5 nitrogen and oxygen atoms in total. The molecule has 0 atom stereocenters. The van der Waals surface area contributed by atoms with Crippen LogP contribution in [0.25, 0.3) is 0 Å². The van der Waals surface area contributed by atoms with Gasteiger partial charge in [-0.05, 0) is 12.1 Å². The third-order valence-electron chi connectivity index (χ3n) is 2.84. The molecule has 108 valence electrons. The lowest BCUT2D eigenvalue weighted by Gasteiger charge is -2.21. The highest BCUT2D eigenvalue weighted by Gasteiger charge is 2.16. The molecule has 1 aliphatic heterocycles. The lowest BCUT2D eigenvalue weighted by atomic mass is 10.1. The Morgan fingerprint density at radius 2 is 2.35 bits per heavy atom. The molecule has 6 heteroatoms. The van der Waals surface area contributed by atoms with Gasteiger partial charge in [-0.2, -0.15) is 0 Å². The second-order valence-electron chi connectivity index (χ2n) is 4.26. The molecule has 1 aliphatic rings. The van der Waals surface area contributed by atoms with Gasteiger partial charge in [-0.25, -0.2) is 4.39 Å². The van der Waals surface area contributed by atoms with E-state index in [1.165, 1.54) is 12.1 Å². The van der Waals surface area contributed by atoms with Crippen LogP contribution in [0.2, 0.25) is 0 Å². The average Bonchev–Trinajstić information content (AvgIpc) is 2.47. The van der Waals surface area contributed by atoms with Gasteiger partial charge in [-0.3, -0.25) is 4.99 Å². The SMILES string of the molecule is C=CCNC(=NC)NCc1cc(F)cc2c1OCOC2. The number of halogens is 1. The van der Waals surface area contributed by atoms with Gasteiger partial charge in [-0.1, -0.05) is 6.08 Å². The molecule has 2 rings (SSSR count). The largest absolute Gasteiger partial charge is 0.467 e. The van der Waals surface area contributed by atoms with Crippen LogP contribution >= 0.6 is 0 Å². The van der Waals surface area contributed by atoms with Crippen LogP contribution in [0.1, 0.15) is 11.1 Å². The van der Waals surface area contributed by atoms with Gasteiger partial charge in [0.05, 0.1) is 6.61 Å². The molecule has 0 spiro atoms. The number of hydrogen-bond acceptors (Lipinski definition) is 3. The molecule has 0 aromatic heterocycles. The number of guanidine groups is 1. The van der Waals surface area contributed by atoms with Gasteiger partial charge >= 0.3 is 0 Å². The molecule has 2 N–H and O–H groups in total. The average molecular weight is 279 g/mol. The predicted octanol–water partition coefficient (Wildman–Crippen LogP) is 1.54. The molecule has 1 heterocycles. The van der Waals surface area contributed by atoms with E-state index in [4.69, 9.17) is 9.47 Å². The van der Waals surface area contributed by atoms with Crippen LogP contribution in [0, 0.1) is 5.82 Å². The number of aliphatic imine (C=N–C) groups is 1. The van der Waals surface area contributed by atoms with Crippen molar-refractivity contribution in [3.63, 3.8) is 0 Å². The van der Waals surface area contributed by atoms with E-state index < -0.39 is 0 Å². The van der Waals surface area contributed by atoms with Crippen molar-refractivity contribution in [2.75, 3.05) is 20.4 Å². The lowest BCUT2D eigenvalue weighted by Crippen LogP contribution is -2.37. The van der Waals surface area contributed by atoms with Crippen molar-refractivity contribution in [1.29, 1.82) is 0 Å². The van der Waals surface area contributed by atoms with E-state index in [2.05, 4.69) is 22.2 Å². The molecule has 1 aromatic carbocycles. The smallest absolute Gasteiger partial charge is 0.191 e. The summed E-state index contributed by atoms with van der Waals surface area (Å²) in [6.45, 7) is 5.20. The van der Waals surface area contributed by atoms with Crippen LogP contribution < -0.4 is 15.4 Å². The molecule has 0 amide bonds. The van der Waals surface area contributed by atoms with Crippen molar-refractivity contribution in [2.24, 2.45) is 4.99 Å². The number of fused-ring (bicyclic) bond motifs is 1. The number of nitrogens with one attached hydrogen (secondary N) is 2. The van der Waals surface area contributed by atoms with Crippen LogP contribution in [0.5, 0.6) is 5.75 Å². The second-order valence-corrected chi connectivity index (χ2v) is 4.26. The molecular weight excluding hydrogens is 261 g/mol. The molecular formula is C14H18FN3O2. The molecule has 0 bridgehead atoms. The fourth-order valence-electron chi connectivity index (χ4n) is 1.96. The lowest BCUT2D eigenvalue weighted by molar-refractivity contribution is -0.0172. The maximum absolute atomic E-state index is 13.6. The number of hydrogen-bond donors (Lipinski definition) is 2. The molecule has 0 saturated carbocycles. The van der Waals surface area contributed by atoms with E-state index in [0.29, 0.717) is 31.4 Å². The van der Waals surface area contributed by atoms with Crippen LogP contribution in [-0.2, 0) is 17.9 Å². The van der Waals surface area contributed by atoms with Gasteiger partial charge in [-0.15, -0.1) is 6.58 Å². The Labute approximate surface area is 117 Å². The first-order valence-electron chi connectivity index (χ1n) is 6.32. The topological polar surface area (TPSA) is 54.9 Å². The zero-order chi connectivity index (χ0) is 14.4. The fourth-order valence-corrected chi connectivity index (χ4v) is 1.96. The standard InChI is InChI=1S/C14H18FN3O2/c1-3-4-17-14(16-2)18-7-10-5-12(15)6-11-8-19-9-20-13(10)11/h3,5-6H,1,4,7-9H2,2H3,(H2,16,17,18). The first kappa shape index (κ1) is 14.3. The Morgan fingerprint density at radius 1 is 1.50 bits per heavy atom. The molecule has 0 unspecified atom stereocenters. The summed E-state index contributed by atoms with van der Waals surface area (Å²) in [5, 5.41) is 6.15. The van der Waals surface area contributed by atoms with Crippen LogP contribution in [0.15, 0.2) is 29.8 Å². The summed E-state index contributed by atoms with van der Waals surface area (Å²) in [6, 6.07) is 2.89. The monoisotopic (exact) mass is 279 g/mol. The summed E-state index contributed by atoms with van der Waals surface area (Å²) in [6.07, 6.45) is 1.73. The quantitative estimate of drug-likeness (QED) is 0.499. The molecule has 0 radical (unpaired) electrons. The van der Waals surface area contributed by atoms with Crippen LogP contribution in [0.4, 0.5) is 4.39 Å². The Balaban J connectivity index is 2.09. The summed E-state index contributed by atoms with van der Waals surface area (Å²) in [4.78, 5) is 4.06. The highest BCUT2D eigenvalue weighted by atomic mass is 19.1. The van der Waals surface area contributed by atoms with E-state index in [1.54, 1.807) is 13.1 Å². The van der Waals surface area contributed by atoms with Gasteiger partial charge in [0.1, 0.15) is 11.6 Å². The molecule has 0 fully saturated rings. The minimum absolute atomic E-state index is 0.190. The minimum Gasteiger partial charge on any atom is -0.467 e. The first-order valence-corrected chi connectivity index (χ1v) is 6.32. The Kier molecular flexibility index (Phi) is 4.95. The normalized spacial score (nSPS) is 14.2. The van der Waals surface area contributed by atoms with Crippen molar-refractivity contribution in [2.45, 2.75) is 13.2 Å². The highest BCUT2D eigenvalue weighted by molar-refractivity contribution is 5.79. The maximum Gasteiger partial charge on any atom is 0.191 e. The second kappa shape index (κ2) is 6.91. The van der Waals surface area contributed by atoms with Crippen LogP contribution in [0.3, 0.4) is 0 Å². The zero-order valence-electron chi connectivity index (χ0n) is 11.4. The van der Waals surface area contributed by atoms with E-state index in [0.717, 1.165) is 11.1 Å². The van der Waals surface area contributed by atoms with Gasteiger partial charge in [0.15, 0.2) is 12.8 Å². The predicted molar refractivity (Wildman–Crippen MR) is 75.1 cm³/mol. The van der Waals surface area contributed by atoms with Gasteiger partial charge < -0.3 is 20.1 Å². The minimum atomic E-state index is -0.302. The number of ether oxygens (including phenoxy) is 2. The summed E-state index contributed by atoms with van der Waals surface area (Å²) in [5.41, 5.74) is 1.46. The Bertz CT molecular complexity index is 517. The molecule has 0 saturated heterocycles. The van der Waals surface area contributed by atoms with Crippen molar-refractivity contribution >= 4 is 5.96 Å². The summed E-state index contributed by atoms with van der Waals surface area (Å²) < 4.78 is 24.2. The number of rotatable bonds is 4. The van der Waals surface area contributed by atoms with Crippen molar-refractivity contribution in [3.05, 3.63) is 41.7 Å². The van der Waals surface area contributed by atoms with E-state index in [1.807, 2.05) is 0 Å². The Morgan fingerprint density at radius 3 is 3.10 bits per heavy atom. The molecule has 20 heavy (non-hydrogen) atoms. The number of benzene rings is 1. The summed E-state index contributed by atoms with van der Waals surface area (Å²) in [5.74, 6) is 1.00. The Hall–Kier alpha value is -2.08. The first-order chi connectivity index (χ1) is 9.74. The summed E-state index contributed by atoms with van der Waals surface area (Å²) in [7, 11) is 1.67. The van der Waals surface area contributed by atoms with Gasteiger partial charge in [0.25, 0.3) is 0 Å². The summed E-state index contributed by atoms with van der Waals surface area (Å²) >= 11 is 0. The highest BCUT2D eigenvalue weighted by Crippen LogP contribution is 2.29. The molecule has 0 aliphatic carbocycles.